The summed E-state index contributed by atoms with van der Waals surface area (Å²) in [6, 6.07) is 4.37. The molecule has 0 aromatic heterocycles. The van der Waals surface area contributed by atoms with Crippen molar-refractivity contribution < 1.29 is 9.13 Å². The molecule has 2 N–H and O–H groups in total. The number of ether oxygens (including phenoxy) is 1. The zero-order valence-corrected chi connectivity index (χ0v) is 8.66. The molecule has 1 aromatic carbocycles. The van der Waals surface area contributed by atoms with Crippen LogP contribution in [-0.2, 0) is 4.74 Å². The number of hydrogen-bond donors (Lipinski definition) is 1. The summed E-state index contributed by atoms with van der Waals surface area (Å²) in [5.74, 6) is 0.564. The summed E-state index contributed by atoms with van der Waals surface area (Å²) in [5.41, 5.74) is 7.82. The smallest absolute Gasteiger partial charge is 0.123 e. The van der Waals surface area contributed by atoms with E-state index in [1.807, 2.05) is 13.0 Å². The second kappa shape index (κ2) is 4.03. The normalized spacial score (nSPS) is 17.1. The molecule has 2 rings (SSSR count). The van der Waals surface area contributed by atoms with Gasteiger partial charge in [0.05, 0.1) is 12.6 Å². The first kappa shape index (κ1) is 10.2. The van der Waals surface area contributed by atoms with Crippen LogP contribution in [-0.4, -0.2) is 6.61 Å². The third-order valence-corrected chi connectivity index (χ3v) is 2.61. The minimum absolute atomic E-state index is 0.232. The second-order valence-electron chi connectivity index (χ2n) is 3.72. The van der Waals surface area contributed by atoms with Gasteiger partial charge in [-0.05, 0) is 36.3 Å². The fourth-order valence-corrected chi connectivity index (χ4v) is 1.79. The molecule has 0 fully saturated rings. The summed E-state index contributed by atoms with van der Waals surface area (Å²) in [7, 11) is 0. The van der Waals surface area contributed by atoms with Crippen LogP contribution < -0.4 is 5.73 Å². The third kappa shape index (κ3) is 2.02. The Bertz CT molecular complexity index is 401. The molecule has 1 aliphatic heterocycles. The molecule has 1 unspecified atom stereocenters. The highest BCUT2D eigenvalue weighted by molar-refractivity contribution is 5.33. The lowest BCUT2D eigenvalue weighted by Crippen LogP contribution is -2.15. The monoisotopic (exact) mass is 207 g/mol. The molecular formula is C12H14FNO. The Morgan fingerprint density at radius 1 is 1.47 bits per heavy atom. The second-order valence-corrected chi connectivity index (χ2v) is 3.72. The molecule has 15 heavy (non-hydrogen) atoms. The van der Waals surface area contributed by atoms with Crippen molar-refractivity contribution in [1.82, 2.24) is 0 Å². The summed E-state index contributed by atoms with van der Waals surface area (Å²) >= 11 is 0. The van der Waals surface area contributed by atoms with Crippen molar-refractivity contribution in [3.8, 4) is 0 Å². The van der Waals surface area contributed by atoms with Crippen LogP contribution in [0.25, 0.3) is 0 Å². The maximum Gasteiger partial charge on any atom is 0.123 e. The van der Waals surface area contributed by atoms with Gasteiger partial charge in [0.15, 0.2) is 0 Å². The first-order chi connectivity index (χ1) is 7.18. The molecule has 1 atom stereocenters. The van der Waals surface area contributed by atoms with Crippen LogP contribution in [0.15, 0.2) is 30.0 Å². The predicted molar refractivity (Wildman–Crippen MR) is 56.7 cm³/mol. The van der Waals surface area contributed by atoms with Gasteiger partial charge in [0, 0.05) is 6.42 Å². The van der Waals surface area contributed by atoms with Gasteiger partial charge >= 0.3 is 0 Å². The van der Waals surface area contributed by atoms with E-state index < -0.39 is 0 Å². The average molecular weight is 207 g/mol. The van der Waals surface area contributed by atoms with Gasteiger partial charge in [-0.15, -0.1) is 0 Å². The lowest BCUT2D eigenvalue weighted by atomic mass is 10.0. The summed E-state index contributed by atoms with van der Waals surface area (Å²) < 4.78 is 18.3. The first-order valence-electron chi connectivity index (χ1n) is 5.03. The van der Waals surface area contributed by atoms with Crippen LogP contribution in [0.2, 0.25) is 0 Å². The zero-order chi connectivity index (χ0) is 10.8. The van der Waals surface area contributed by atoms with E-state index in [0.717, 1.165) is 23.3 Å². The Morgan fingerprint density at radius 3 is 2.87 bits per heavy atom. The summed E-state index contributed by atoms with van der Waals surface area (Å²) in [6.45, 7) is 2.55. The van der Waals surface area contributed by atoms with Gasteiger partial charge < -0.3 is 10.5 Å². The number of rotatable bonds is 2. The highest BCUT2D eigenvalue weighted by atomic mass is 19.1. The molecule has 3 heteroatoms. The quantitative estimate of drug-likeness (QED) is 0.808. The lowest BCUT2D eigenvalue weighted by molar-refractivity contribution is 0.225. The molecule has 0 bridgehead atoms. The number of hydrogen-bond acceptors (Lipinski definition) is 2. The van der Waals surface area contributed by atoms with Crippen LogP contribution in [0.1, 0.15) is 23.6 Å². The van der Waals surface area contributed by atoms with Gasteiger partial charge in [-0.3, -0.25) is 0 Å². The molecule has 0 aliphatic carbocycles. The minimum Gasteiger partial charge on any atom is -0.496 e. The van der Waals surface area contributed by atoms with Gasteiger partial charge in [0.25, 0.3) is 0 Å². The van der Waals surface area contributed by atoms with E-state index in [4.69, 9.17) is 10.5 Å². The SMILES string of the molecule is Cc1cc(F)ccc1C(N)C1=CCCO1. The molecule has 0 amide bonds. The maximum absolute atomic E-state index is 12.9. The molecule has 2 nitrogen and oxygen atoms in total. The molecule has 1 aliphatic rings. The van der Waals surface area contributed by atoms with E-state index in [2.05, 4.69) is 0 Å². The zero-order valence-electron chi connectivity index (χ0n) is 8.66. The first-order valence-corrected chi connectivity index (χ1v) is 5.03. The van der Waals surface area contributed by atoms with Crippen molar-refractivity contribution >= 4 is 0 Å². The van der Waals surface area contributed by atoms with Crippen LogP contribution in [0, 0.1) is 12.7 Å². The van der Waals surface area contributed by atoms with E-state index in [0.29, 0.717) is 6.61 Å². The summed E-state index contributed by atoms with van der Waals surface area (Å²) in [4.78, 5) is 0. The number of halogens is 1. The fourth-order valence-electron chi connectivity index (χ4n) is 1.79. The molecular weight excluding hydrogens is 193 g/mol. The van der Waals surface area contributed by atoms with Crippen molar-refractivity contribution in [1.29, 1.82) is 0 Å². The Morgan fingerprint density at radius 2 is 2.27 bits per heavy atom. The minimum atomic E-state index is -0.270. The number of aryl methyl sites for hydroxylation is 1. The van der Waals surface area contributed by atoms with Crippen molar-refractivity contribution in [2.24, 2.45) is 5.73 Å². The largest absolute Gasteiger partial charge is 0.496 e. The molecule has 80 valence electrons. The van der Waals surface area contributed by atoms with Crippen LogP contribution in [0.3, 0.4) is 0 Å². The van der Waals surface area contributed by atoms with Crippen LogP contribution in [0.4, 0.5) is 4.39 Å². The molecule has 0 radical (unpaired) electrons. The Hall–Kier alpha value is -1.35. The molecule has 0 spiro atoms. The molecule has 0 saturated heterocycles. The van der Waals surface area contributed by atoms with Gasteiger partial charge in [-0.25, -0.2) is 4.39 Å². The van der Waals surface area contributed by atoms with Crippen molar-refractivity contribution in [2.45, 2.75) is 19.4 Å². The van der Waals surface area contributed by atoms with Crippen molar-refractivity contribution in [3.05, 3.63) is 47.0 Å². The summed E-state index contributed by atoms with van der Waals surface area (Å²) in [6.07, 6.45) is 2.90. The highest BCUT2D eigenvalue weighted by Gasteiger charge is 2.18. The average Bonchev–Trinajstić information content (AvgIpc) is 2.69. The van der Waals surface area contributed by atoms with E-state index >= 15 is 0 Å². The maximum atomic E-state index is 12.9. The van der Waals surface area contributed by atoms with E-state index in [-0.39, 0.29) is 11.9 Å². The van der Waals surface area contributed by atoms with E-state index in [1.165, 1.54) is 12.1 Å². The summed E-state index contributed by atoms with van der Waals surface area (Å²) in [5, 5.41) is 0. The number of benzene rings is 1. The topological polar surface area (TPSA) is 35.2 Å². The van der Waals surface area contributed by atoms with E-state index in [9.17, 15) is 4.39 Å². The van der Waals surface area contributed by atoms with Crippen molar-refractivity contribution in [2.75, 3.05) is 6.61 Å². The third-order valence-electron chi connectivity index (χ3n) is 2.61. The standard InChI is InChI=1S/C12H14FNO/c1-8-7-9(13)4-5-10(8)12(14)11-3-2-6-15-11/h3-5,7,12H,2,6,14H2,1H3. The Kier molecular flexibility index (Phi) is 2.73. The number of nitrogens with two attached hydrogens (primary N) is 1. The van der Waals surface area contributed by atoms with Crippen molar-refractivity contribution in [3.63, 3.8) is 0 Å². The molecule has 1 heterocycles. The fraction of sp³-hybridized carbons (Fsp3) is 0.333. The predicted octanol–water partition coefficient (Wildman–Crippen LogP) is 2.44. The highest BCUT2D eigenvalue weighted by Crippen LogP contribution is 2.26. The van der Waals surface area contributed by atoms with Gasteiger partial charge in [-0.1, -0.05) is 6.07 Å². The molecule has 0 saturated carbocycles. The van der Waals surface area contributed by atoms with E-state index in [1.54, 1.807) is 6.07 Å². The lowest BCUT2D eigenvalue weighted by Gasteiger charge is -2.15. The Balaban J connectivity index is 2.28. The Labute approximate surface area is 88.5 Å². The van der Waals surface area contributed by atoms with Gasteiger partial charge in [0.1, 0.15) is 11.6 Å². The van der Waals surface area contributed by atoms with Crippen LogP contribution >= 0.6 is 0 Å². The van der Waals surface area contributed by atoms with Gasteiger partial charge in [0.2, 0.25) is 0 Å². The molecule has 1 aromatic rings. The van der Waals surface area contributed by atoms with Gasteiger partial charge in [-0.2, -0.15) is 0 Å². The van der Waals surface area contributed by atoms with Crippen LogP contribution in [0.5, 0.6) is 0 Å².